The van der Waals surface area contributed by atoms with Gasteiger partial charge in [0.1, 0.15) is 11.3 Å². The number of Topliss-reactive ketones (excluding diaryl/α,β-unsaturated/α-hetero) is 1. The maximum absolute atomic E-state index is 11.8. The molecule has 0 radical (unpaired) electrons. The van der Waals surface area contributed by atoms with E-state index >= 15 is 0 Å². The Labute approximate surface area is 153 Å². The molecule has 6 nitrogen and oxygen atoms in total. The summed E-state index contributed by atoms with van der Waals surface area (Å²) in [6.07, 6.45) is 0. The van der Waals surface area contributed by atoms with E-state index in [9.17, 15) is 18.3 Å². The van der Waals surface area contributed by atoms with Gasteiger partial charge in [-0.2, -0.15) is 8.42 Å². The third-order valence-electron chi connectivity index (χ3n) is 2.69. The van der Waals surface area contributed by atoms with E-state index in [0.29, 0.717) is 5.56 Å². The van der Waals surface area contributed by atoms with Crippen molar-refractivity contribution in [2.75, 3.05) is 6.54 Å². The summed E-state index contributed by atoms with van der Waals surface area (Å²) in [7, 11) is -4.58. The molecule has 0 bridgehead atoms. The number of carbonyl (C=O) groups excluding carboxylic acids is 1. The minimum atomic E-state index is -4.58. The molecule has 1 aromatic rings. The van der Waals surface area contributed by atoms with E-state index in [-0.39, 0.29) is 29.6 Å². The molecule has 0 fully saturated rings. The third kappa shape index (κ3) is 5.46. The zero-order chi connectivity index (χ0) is 15.6. The van der Waals surface area contributed by atoms with E-state index in [2.05, 4.69) is 20.9 Å². The standard InChI is InChI=1S/C12H14BrNO5S.Na/c1-12(2,20(17,18)19)11(16)14-7-10(15)8-3-5-9(13)6-4-8;/h3-6H,7H2,1-2H3,(H,14,16)(H,17,18,19);/q;+1/p-1. The van der Waals surface area contributed by atoms with Crippen LogP contribution < -0.4 is 34.7 Å². The summed E-state index contributed by atoms with van der Waals surface area (Å²) in [6.45, 7) is 1.58. The first kappa shape index (κ1) is 20.8. The van der Waals surface area contributed by atoms with Crippen LogP contribution in [0.25, 0.3) is 0 Å². The van der Waals surface area contributed by atoms with E-state index in [1.165, 1.54) is 0 Å². The Hall–Kier alpha value is -0.250. The molecule has 0 aliphatic carbocycles. The number of hydrogen-bond acceptors (Lipinski definition) is 5. The monoisotopic (exact) mass is 385 g/mol. The van der Waals surface area contributed by atoms with Crippen LogP contribution in [0.1, 0.15) is 24.2 Å². The predicted octanol–water partition coefficient (Wildman–Crippen LogP) is -1.94. The molecule has 0 aliphatic rings. The van der Waals surface area contributed by atoms with Crippen molar-refractivity contribution in [3.05, 3.63) is 34.3 Å². The van der Waals surface area contributed by atoms with Crippen LogP contribution in [0, 0.1) is 0 Å². The van der Waals surface area contributed by atoms with Gasteiger partial charge in [0.05, 0.1) is 0 Å². The fourth-order valence-electron chi connectivity index (χ4n) is 1.17. The van der Waals surface area contributed by atoms with Crippen LogP contribution in [0.5, 0.6) is 0 Å². The van der Waals surface area contributed by atoms with Gasteiger partial charge in [-0.25, -0.2) is 0 Å². The fourth-order valence-corrected chi connectivity index (χ4v) is 1.72. The second-order valence-corrected chi connectivity index (χ2v) is 7.42. The van der Waals surface area contributed by atoms with Gasteiger partial charge in [-0.15, -0.1) is 0 Å². The molecule has 110 valence electrons. The van der Waals surface area contributed by atoms with E-state index in [1.807, 2.05) is 0 Å². The second-order valence-electron chi connectivity index (χ2n) is 4.54. The van der Waals surface area contributed by atoms with Crippen molar-refractivity contribution in [3.8, 4) is 0 Å². The summed E-state index contributed by atoms with van der Waals surface area (Å²) in [4.78, 5) is 15.2. The Morgan fingerprint density at radius 2 is 1.81 bits per heavy atom. The molecule has 0 aliphatic heterocycles. The van der Waals surface area contributed by atoms with Gasteiger partial charge in [0.25, 0.3) is 10.1 Å². The molecule has 0 unspecified atom stereocenters. The molecule has 0 heterocycles. The van der Waals surface area contributed by atoms with Crippen molar-refractivity contribution in [3.63, 3.8) is 0 Å². The molecule has 0 spiro atoms. The molecule has 1 rings (SSSR count). The van der Waals surface area contributed by atoms with Crippen LogP contribution in [0.4, 0.5) is 0 Å². The number of halogens is 1. The summed E-state index contributed by atoms with van der Waals surface area (Å²) in [5.41, 5.74) is 0.356. The molecule has 21 heavy (non-hydrogen) atoms. The zero-order valence-corrected chi connectivity index (χ0v) is 16.2. The van der Waals surface area contributed by atoms with Crippen molar-refractivity contribution in [1.82, 2.24) is 0 Å². The molecular weight excluding hydrogens is 373 g/mol. The van der Waals surface area contributed by atoms with Gasteiger partial charge in [-0.3, -0.25) is 14.3 Å². The number of aliphatic imine (C=N–C) groups is 1. The van der Waals surface area contributed by atoms with Gasteiger partial charge in [-0.1, -0.05) is 28.1 Å². The Morgan fingerprint density at radius 3 is 2.24 bits per heavy atom. The quantitative estimate of drug-likeness (QED) is 0.208. The maximum Gasteiger partial charge on any atom is 1.00 e. The van der Waals surface area contributed by atoms with Crippen LogP contribution in [0.3, 0.4) is 0 Å². The van der Waals surface area contributed by atoms with Crippen molar-refractivity contribution >= 4 is 37.7 Å². The summed E-state index contributed by atoms with van der Waals surface area (Å²) >= 11 is 3.22. The van der Waals surface area contributed by atoms with E-state index in [4.69, 9.17) is 4.55 Å². The first-order chi connectivity index (χ1) is 9.05. The van der Waals surface area contributed by atoms with E-state index < -0.39 is 33.1 Å². The van der Waals surface area contributed by atoms with Crippen molar-refractivity contribution in [2.45, 2.75) is 18.6 Å². The van der Waals surface area contributed by atoms with Crippen LogP contribution in [-0.4, -0.2) is 35.9 Å². The summed E-state index contributed by atoms with van der Waals surface area (Å²) in [5.74, 6) is -1.48. The number of rotatable bonds is 5. The number of ketones is 1. The number of carbonyl (C=O) groups is 1. The third-order valence-corrected chi connectivity index (χ3v) is 4.69. The first-order valence-corrected chi connectivity index (χ1v) is 7.77. The number of nitrogens with zero attached hydrogens (tertiary/aromatic N) is 1. The smallest absolute Gasteiger partial charge is 0.861 e. The molecular formula is C12H13BrNNaO5S. The maximum atomic E-state index is 11.8. The average molecular weight is 386 g/mol. The summed E-state index contributed by atoms with van der Waals surface area (Å²) < 4.78 is 29.7. The zero-order valence-electron chi connectivity index (χ0n) is 11.8. The topological polar surface area (TPSA) is 107 Å². The van der Waals surface area contributed by atoms with E-state index in [1.54, 1.807) is 24.3 Å². The molecule has 1 aromatic carbocycles. The van der Waals surface area contributed by atoms with Gasteiger partial charge in [0.15, 0.2) is 5.78 Å². The van der Waals surface area contributed by atoms with Crippen molar-refractivity contribution in [1.29, 1.82) is 0 Å². The Bertz CT molecular complexity index is 640. The summed E-state index contributed by atoms with van der Waals surface area (Å²) in [5, 5.41) is 11.6. The Kier molecular flexibility index (Phi) is 7.75. The molecule has 0 atom stereocenters. The van der Waals surface area contributed by atoms with Gasteiger partial charge in [0, 0.05) is 10.0 Å². The minimum Gasteiger partial charge on any atom is -0.861 e. The molecule has 0 aromatic heterocycles. The summed E-state index contributed by atoms with van der Waals surface area (Å²) in [6, 6.07) is 6.44. The van der Waals surface area contributed by atoms with E-state index in [0.717, 1.165) is 18.3 Å². The van der Waals surface area contributed by atoms with Crippen LogP contribution in [-0.2, 0) is 10.1 Å². The number of benzene rings is 1. The average Bonchev–Trinajstić information content (AvgIpc) is 2.34. The van der Waals surface area contributed by atoms with Crippen LogP contribution in [0.15, 0.2) is 33.7 Å². The molecule has 1 N–H and O–H groups in total. The molecule has 9 heteroatoms. The Morgan fingerprint density at radius 1 is 1.33 bits per heavy atom. The molecule has 0 saturated carbocycles. The second kappa shape index (κ2) is 7.85. The minimum absolute atomic E-state index is 0. The Balaban J connectivity index is 0.00000400. The normalized spacial score (nSPS) is 12.7. The SMILES string of the molecule is CC(C)(C([O-])=NCC(=O)c1ccc(Br)cc1)S(=O)(=O)O.[Na+]. The molecule has 0 saturated heterocycles. The predicted molar refractivity (Wildman–Crippen MR) is 76.4 cm³/mol. The van der Waals surface area contributed by atoms with Crippen LogP contribution >= 0.6 is 15.9 Å². The van der Waals surface area contributed by atoms with Gasteiger partial charge < -0.3 is 5.11 Å². The van der Waals surface area contributed by atoms with Gasteiger partial charge in [-0.05, 0) is 31.9 Å². The van der Waals surface area contributed by atoms with Crippen molar-refractivity contribution in [2.24, 2.45) is 4.99 Å². The van der Waals surface area contributed by atoms with Crippen LogP contribution in [0.2, 0.25) is 0 Å². The first-order valence-electron chi connectivity index (χ1n) is 5.53. The molecule has 0 amide bonds. The largest absolute Gasteiger partial charge is 1.00 e. The fraction of sp³-hybridized carbons (Fsp3) is 0.333. The number of hydrogen-bond donors (Lipinski definition) is 1. The van der Waals surface area contributed by atoms with Gasteiger partial charge in [0.2, 0.25) is 0 Å². The van der Waals surface area contributed by atoms with Gasteiger partial charge >= 0.3 is 29.6 Å². The van der Waals surface area contributed by atoms with Crippen molar-refractivity contribution < 1.29 is 52.4 Å².